The molecular formula is C12H18ClNO. The van der Waals surface area contributed by atoms with Gasteiger partial charge in [0.2, 0.25) is 0 Å². The fourth-order valence-electron chi connectivity index (χ4n) is 1.46. The van der Waals surface area contributed by atoms with Crippen molar-refractivity contribution in [3.63, 3.8) is 0 Å². The second-order valence-corrected chi connectivity index (χ2v) is 4.11. The van der Waals surface area contributed by atoms with Crippen LogP contribution in [0, 0.1) is 0 Å². The summed E-state index contributed by atoms with van der Waals surface area (Å²) >= 11 is 5.54. The van der Waals surface area contributed by atoms with Crippen LogP contribution in [-0.2, 0) is 6.42 Å². The highest BCUT2D eigenvalue weighted by atomic mass is 35.5. The molecule has 1 N–H and O–H groups in total. The van der Waals surface area contributed by atoms with Crippen LogP contribution < -0.4 is 0 Å². The van der Waals surface area contributed by atoms with Gasteiger partial charge in [-0.3, -0.25) is 0 Å². The zero-order valence-electron chi connectivity index (χ0n) is 9.06. The summed E-state index contributed by atoms with van der Waals surface area (Å²) in [6, 6.07) is 10.3. The van der Waals surface area contributed by atoms with Crippen LogP contribution in [0.15, 0.2) is 30.3 Å². The van der Waals surface area contributed by atoms with E-state index in [0.717, 1.165) is 13.0 Å². The smallest absolute Gasteiger partial charge is 0.0802 e. The van der Waals surface area contributed by atoms with Crippen LogP contribution in [0.5, 0.6) is 0 Å². The summed E-state index contributed by atoms with van der Waals surface area (Å²) in [6.07, 6.45) is 0.583. The molecule has 1 unspecified atom stereocenters. The van der Waals surface area contributed by atoms with Crippen molar-refractivity contribution in [3.05, 3.63) is 35.9 Å². The van der Waals surface area contributed by atoms with E-state index >= 15 is 0 Å². The van der Waals surface area contributed by atoms with Crippen molar-refractivity contribution in [2.24, 2.45) is 0 Å². The molecule has 0 amide bonds. The molecule has 1 aromatic rings. The second-order valence-electron chi connectivity index (χ2n) is 3.81. The zero-order valence-corrected chi connectivity index (χ0v) is 9.82. The fourth-order valence-corrected chi connectivity index (χ4v) is 1.56. The Morgan fingerprint density at radius 3 is 2.60 bits per heavy atom. The van der Waals surface area contributed by atoms with Gasteiger partial charge < -0.3 is 10.0 Å². The minimum atomic E-state index is -0.424. The monoisotopic (exact) mass is 227 g/mol. The van der Waals surface area contributed by atoms with Gasteiger partial charge in [0.05, 0.1) is 6.10 Å². The van der Waals surface area contributed by atoms with Crippen molar-refractivity contribution in [1.29, 1.82) is 0 Å². The Morgan fingerprint density at radius 1 is 1.33 bits per heavy atom. The first kappa shape index (κ1) is 12.5. The van der Waals surface area contributed by atoms with Gasteiger partial charge in [-0.05, 0) is 19.0 Å². The number of hydrogen-bond donors (Lipinski definition) is 1. The summed E-state index contributed by atoms with van der Waals surface area (Å²) in [7, 11) is 2.00. The maximum absolute atomic E-state index is 9.35. The molecular weight excluding hydrogens is 210 g/mol. The van der Waals surface area contributed by atoms with Crippen LogP contribution in [0.3, 0.4) is 0 Å². The summed E-state index contributed by atoms with van der Waals surface area (Å²) < 4.78 is 0. The molecule has 1 aromatic carbocycles. The lowest BCUT2D eigenvalue weighted by Crippen LogP contribution is -2.31. The minimum absolute atomic E-state index is 0.301. The SMILES string of the molecule is CN(CCc1ccccc1)CC(O)CCl. The molecule has 0 bridgehead atoms. The predicted octanol–water partition coefficient (Wildman–Crippen LogP) is 1.76. The lowest BCUT2D eigenvalue weighted by Gasteiger charge is -2.18. The number of aliphatic hydroxyl groups is 1. The molecule has 0 aliphatic carbocycles. The summed E-state index contributed by atoms with van der Waals surface area (Å²) in [6.45, 7) is 1.58. The Balaban J connectivity index is 2.25. The molecule has 3 heteroatoms. The van der Waals surface area contributed by atoms with E-state index in [-0.39, 0.29) is 0 Å². The summed E-state index contributed by atoms with van der Waals surface area (Å²) in [5.74, 6) is 0.301. The molecule has 15 heavy (non-hydrogen) atoms. The number of rotatable bonds is 6. The number of aliphatic hydroxyl groups excluding tert-OH is 1. The molecule has 0 spiro atoms. The number of halogens is 1. The van der Waals surface area contributed by atoms with E-state index in [9.17, 15) is 5.11 Å². The molecule has 0 saturated carbocycles. The number of nitrogens with zero attached hydrogens (tertiary/aromatic N) is 1. The molecule has 1 rings (SSSR count). The molecule has 84 valence electrons. The third kappa shape index (κ3) is 5.17. The Morgan fingerprint density at radius 2 is 2.00 bits per heavy atom. The van der Waals surface area contributed by atoms with Gasteiger partial charge in [0.25, 0.3) is 0 Å². The molecule has 0 fully saturated rings. The summed E-state index contributed by atoms with van der Waals surface area (Å²) in [5, 5.41) is 9.35. The van der Waals surface area contributed by atoms with Crippen molar-refractivity contribution < 1.29 is 5.11 Å². The number of likely N-dealkylation sites (N-methyl/N-ethyl adjacent to an activating group) is 1. The fraction of sp³-hybridized carbons (Fsp3) is 0.500. The number of benzene rings is 1. The molecule has 2 nitrogen and oxygen atoms in total. The standard InChI is InChI=1S/C12H18ClNO/c1-14(10-12(15)9-13)8-7-11-5-3-2-4-6-11/h2-6,12,15H,7-10H2,1H3. The van der Waals surface area contributed by atoms with Gasteiger partial charge in [0.15, 0.2) is 0 Å². The van der Waals surface area contributed by atoms with E-state index in [4.69, 9.17) is 11.6 Å². The zero-order chi connectivity index (χ0) is 11.1. The van der Waals surface area contributed by atoms with Crippen molar-refractivity contribution in [1.82, 2.24) is 4.90 Å². The number of alkyl halides is 1. The van der Waals surface area contributed by atoms with Gasteiger partial charge in [0.1, 0.15) is 0 Å². The quantitative estimate of drug-likeness (QED) is 0.749. The predicted molar refractivity (Wildman–Crippen MR) is 64.4 cm³/mol. The first-order valence-electron chi connectivity index (χ1n) is 5.19. The van der Waals surface area contributed by atoms with Crippen LogP contribution in [0.25, 0.3) is 0 Å². The maximum Gasteiger partial charge on any atom is 0.0802 e. The molecule has 0 heterocycles. The Labute approximate surface area is 96.5 Å². The van der Waals surface area contributed by atoms with Gasteiger partial charge in [-0.15, -0.1) is 11.6 Å². The van der Waals surface area contributed by atoms with E-state index in [2.05, 4.69) is 17.0 Å². The van der Waals surface area contributed by atoms with Gasteiger partial charge in [-0.1, -0.05) is 30.3 Å². The van der Waals surface area contributed by atoms with Gasteiger partial charge in [-0.2, -0.15) is 0 Å². The maximum atomic E-state index is 9.35. The number of hydrogen-bond acceptors (Lipinski definition) is 2. The molecule has 0 saturated heterocycles. The van der Waals surface area contributed by atoms with Crippen LogP contribution in [0.4, 0.5) is 0 Å². The Hall–Kier alpha value is -0.570. The average Bonchev–Trinajstić information content (AvgIpc) is 2.27. The van der Waals surface area contributed by atoms with Crippen molar-refractivity contribution in [2.45, 2.75) is 12.5 Å². The highest BCUT2D eigenvalue weighted by molar-refractivity contribution is 6.18. The average molecular weight is 228 g/mol. The summed E-state index contributed by atoms with van der Waals surface area (Å²) in [5.41, 5.74) is 1.32. The summed E-state index contributed by atoms with van der Waals surface area (Å²) in [4.78, 5) is 2.10. The topological polar surface area (TPSA) is 23.5 Å². The Bertz CT molecular complexity index is 266. The van der Waals surface area contributed by atoms with Crippen LogP contribution in [0.1, 0.15) is 5.56 Å². The molecule has 0 radical (unpaired) electrons. The van der Waals surface area contributed by atoms with Gasteiger partial charge >= 0.3 is 0 Å². The van der Waals surface area contributed by atoms with Gasteiger partial charge in [-0.25, -0.2) is 0 Å². The molecule has 1 atom stereocenters. The lowest BCUT2D eigenvalue weighted by atomic mass is 10.1. The highest BCUT2D eigenvalue weighted by Gasteiger charge is 2.06. The largest absolute Gasteiger partial charge is 0.391 e. The van der Waals surface area contributed by atoms with E-state index in [1.165, 1.54) is 5.56 Å². The highest BCUT2D eigenvalue weighted by Crippen LogP contribution is 2.01. The van der Waals surface area contributed by atoms with Crippen molar-refractivity contribution >= 4 is 11.6 Å². The minimum Gasteiger partial charge on any atom is -0.391 e. The van der Waals surface area contributed by atoms with E-state index in [1.54, 1.807) is 0 Å². The first-order valence-corrected chi connectivity index (χ1v) is 5.72. The lowest BCUT2D eigenvalue weighted by molar-refractivity contribution is 0.145. The van der Waals surface area contributed by atoms with Crippen LogP contribution >= 0.6 is 11.6 Å². The first-order chi connectivity index (χ1) is 7.22. The van der Waals surface area contributed by atoms with Crippen LogP contribution in [-0.4, -0.2) is 42.1 Å². The molecule has 0 aliphatic rings. The normalized spacial score (nSPS) is 13.1. The molecule has 0 aromatic heterocycles. The van der Waals surface area contributed by atoms with E-state index in [1.807, 2.05) is 25.2 Å². The third-order valence-electron chi connectivity index (χ3n) is 2.33. The molecule has 0 aliphatic heterocycles. The van der Waals surface area contributed by atoms with Gasteiger partial charge in [0, 0.05) is 19.0 Å². The van der Waals surface area contributed by atoms with Crippen molar-refractivity contribution in [2.75, 3.05) is 26.0 Å². The van der Waals surface area contributed by atoms with Crippen LogP contribution in [0.2, 0.25) is 0 Å². The third-order valence-corrected chi connectivity index (χ3v) is 2.68. The second kappa shape index (κ2) is 6.83. The Kier molecular flexibility index (Phi) is 5.69. The van der Waals surface area contributed by atoms with Crippen molar-refractivity contribution in [3.8, 4) is 0 Å². The van der Waals surface area contributed by atoms with E-state index in [0.29, 0.717) is 12.4 Å². The van der Waals surface area contributed by atoms with E-state index < -0.39 is 6.10 Å².